The molecule has 4 heterocycles. The average molecular weight is 427 g/mol. The van der Waals surface area contributed by atoms with Crippen LogP contribution in [-0.4, -0.2) is 101 Å². The predicted molar refractivity (Wildman–Crippen MR) is 109 cm³/mol. The molecule has 2 saturated heterocycles. The van der Waals surface area contributed by atoms with Gasteiger partial charge >= 0.3 is 6.03 Å². The van der Waals surface area contributed by atoms with Gasteiger partial charge in [-0.2, -0.15) is 0 Å². The zero-order valence-electron chi connectivity index (χ0n) is 17.3. The van der Waals surface area contributed by atoms with Gasteiger partial charge in [-0.05, 0) is 12.1 Å². The van der Waals surface area contributed by atoms with Crippen molar-refractivity contribution in [3.05, 3.63) is 36.4 Å². The zero-order chi connectivity index (χ0) is 22.1. The number of fused-ring (bicyclic) bond motifs is 1. The van der Waals surface area contributed by atoms with E-state index in [2.05, 4.69) is 10.3 Å². The fraction of sp³-hybridized carbons (Fsp3) is 0.400. The van der Waals surface area contributed by atoms with Crippen LogP contribution in [0.5, 0.6) is 0 Å². The third-order valence-electron chi connectivity index (χ3n) is 5.63. The number of allylic oxidation sites excluding steroid dienone is 1. The largest absolute Gasteiger partial charge is 0.459 e. The summed E-state index contributed by atoms with van der Waals surface area (Å²) in [5, 5.41) is 2.43. The number of carbonyl (C=O) groups is 4. The zero-order valence-corrected chi connectivity index (χ0v) is 17.3. The van der Waals surface area contributed by atoms with Crippen LogP contribution in [0.2, 0.25) is 0 Å². The Morgan fingerprint density at radius 1 is 1.29 bits per heavy atom. The summed E-state index contributed by atoms with van der Waals surface area (Å²) in [6.45, 7) is 1.58. The molecule has 1 aromatic rings. The number of nitrogens with one attached hydrogen (secondary N) is 1. The molecule has 1 atom stereocenters. The Hall–Kier alpha value is -3.76. The van der Waals surface area contributed by atoms with Gasteiger partial charge in [0.2, 0.25) is 5.91 Å². The van der Waals surface area contributed by atoms with E-state index in [1.165, 1.54) is 25.3 Å². The van der Waals surface area contributed by atoms with Crippen LogP contribution in [0.25, 0.3) is 0 Å². The van der Waals surface area contributed by atoms with Crippen LogP contribution in [-0.2, 0) is 9.59 Å². The van der Waals surface area contributed by atoms with Gasteiger partial charge in [-0.25, -0.2) is 14.4 Å². The number of furan rings is 1. The second-order valence-corrected chi connectivity index (χ2v) is 7.36. The van der Waals surface area contributed by atoms with E-state index < -0.39 is 23.8 Å². The number of nitrogens with zero attached hydrogens (tertiary/aromatic N) is 5. The lowest BCUT2D eigenvalue weighted by molar-refractivity contribution is -0.538. The molecular weight excluding hydrogens is 404 g/mol. The Balaban J connectivity index is 1.57. The Labute approximate surface area is 178 Å². The summed E-state index contributed by atoms with van der Waals surface area (Å²) in [5.41, 5.74) is 0.696. The van der Waals surface area contributed by atoms with Crippen molar-refractivity contribution < 1.29 is 28.2 Å². The maximum Gasteiger partial charge on any atom is 0.332 e. The highest BCUT2D eigenvalue weighted by Gasteiger charge is 2.49. The third kappa shape index (κ3) is 3.62. The predicted octanol–water partition coefficient (Wildman–Crippen LogP) is -0.629. The first-order chi connectivity index (χ1) is 14.9. The molecule has 11 heteroatoms. The maximum atomic E-state index is 13.2. The SMILES string of the molecule is CNC(=O)CN1C(=O)C2C(=NC=CC2=[N+]2CCN(C(=O)c3ccco3)CC2)N(C)C1=O. The van der Waals surface area contributed by atoms with Gasteiger partial charge < -0.3 is 14.6 Å². The summed E-state index contributed by atoms with van der Waals surface area (Å²) in [7, 11) is 2.98. The molecule has 11 nitrogen and oxygen atoms in total. The van der Waals surface area contributed by atoms with Gasteiger partial charge in [-0.1, -0.05) is 0 Å². The van der Waals surface area contributed by atoms with Gasteiger partial charge in [0.15, 0.2) is 30.5 Å². The molecule has 0 aliphatic carbocycles. The average Bonchev–Trinajstić information content (AvgIpc) is 3.34. The minimum Gasteiger partial charge on any atom is -0.459 e. The van der Waals surface area contributed by atoms with E-state index in [1.54, 1.807) is 29.3 Å². The van der Waals surface area contributed by atoms with Gasteiger partial charge in [0.25, 0.3) is 11.8 Å². The first-order valence-corrected chi connectivity index (χ1v) is 9.91. The first kappa shape index (κ1) is 20.5. The molecule has 3 aliphatic rings. The fourth-order valence-corrected chi connectivity index (χ4v) is 3.92. The van der Waals surface area contributed by atoms with Gasteiger partial charge in [-0.15, -0.1) is 0 Å². The minimum atomic E-state index is -0.787. The van der Waals surface area contributed by atoms with Crippen molar-refractivity contribution in [2.75, 3.05) is 46.8 Å². The smallest absolute Gasteiger partial charge is 0.332 e. The Morgan fingerprint density at radius 2 is 2.03 bits per heavy atom. The number of amidine groups is 1. The van der Waals surface area contributed by atoms with Crippen molar-refractivity contribution in [1.29, 1.82) is 0 Å². The van der Waals surface area contributed by atoms with E-state index in [4.69, 9.17) is 4.42 Å². The second kappa shape index (κ2) is 8.17. The van der Waals surface area contributed by atoms with Gasteiger partial charge in [0.05, 0.1) is 19.4 Å². The van der Waals surface area contributed by atoms with E-state index >= 15 is 0 Å². The van der Waals surface area contributed by atoms with Crippen molar-refractivity contribution in [2.45, 2.75) is 0 Å². The third-order valence-corrected chi connectivity index (χ3v) is 5.63. The standard InChI is InChI=1S/C20H22N6O5/c1-21-15(27)12-26-19(29)16-13(5-6-22-17(16)23(2)20(26)30)24-7-9-25(10-8-24)18(28)14-4-3-11-31-14/h3-6,11,16H,7-10,12H2,1-2H3/p+1. The monoisotopic (exact) mass is 427 g/mol. The molecule has 0 saturated carbocycles. The molecule has 162 valence electrons. The first-order valence-electron chi connectivity index (χ1n) is 9.91. The summed E-state index contributed by atoms with van der Waals surface area (Å²) < 4.78 is 7.21. The van der Waals surface area contributed by atoms with Crippen LogP contribution in [0.3, 0.4) is 0 Å². The quantitative estimate of drug-likeness (QED) is 0.645. The molecular formula is C20H23N6O5+. The summed E-state index contributed by atoms with van der Waals surface area (Å²) in [6.07, 6.45) is 4.77. The van der Waals surface area contributed by atoms with E-state index in [0.717, 1.165) is 4.90 Å². The van der Waals surface area contributed by atoms with Crippen molar-refractivity contribution in [1.82, 2.24) is 20.0 Å². The fourth-order valence-electron chi connectivity index (χ4n) is 3.92. The summed E-state index contributed by atoms with van der Waals surface area (Å²) in [5.74, 6) is -1.26. The summed E-state index contributed by atoms with van der Waals surface area (Å²) >= 11 is 0. The van der Waals surface area contributed by atoms with Gasteiger partial charge in [0.1, 0.15) is 12.4 Å². The normalized spacial score (nSPS) is 21.3. The molecule has 0 aromatic carbocycles. The lowest BCUT2D eigenvalue weighted by Crippen LogP contribution is -2.63. The molecule has 3 aliphatic heterocycles. The molecule has 2 fully saturated rings. The lowest BCUT2D eigenvalue weighted by atomic mass is 9.94. The molecule has 1 aromatic heterocycles. The minimum absolute atomic E-state index is 0.174. The van der Waals surface area contributed by atoms with Crippen LogP contribution in [0.15, 0.2) is 40.1 Å². The van der Waals surface area contributed by atoms with E-state index in [1.807, 2.05) is 4.58 Å². The summed E-state index contributed by atoms with van der Waals surface area (Å²) in [6, 6.07) is 2.71. The highest BCUT2D eigenvalue weighted by atomic mass is 16.3. The number of rotatable bonds is 3. The Morgan fingerprint density at radius 3 is 2.68 bits per heavy atom. The van der Waals surface area contributed by atoms with Crippen LogP contribution in [0.4, 0.5) is 4.79 Å². The van der Waals surface area contributed by atoms with Crippen molar-refractivity contribution in [2.24, 2.45) is 10.9 Å². The number of urea groups is 1. The van der Waals surface area contributed by atoms with Gasteiger partial charge in [-0.3, -0.25) is 24.2 Å². The highest BCUT2D eigenvalue weighted by molar-refractivity contribution is 6.31. The Bertz CT molecular complexity index is 1010. The van der Waals surface area contributed by atoms with Crippen molar-refractivity contribution >= 4 is 35.3 Å². The number of amides is 5. The molecule has 0 bridgehead atoms. The Kier molecular flexibility index (Phi) is 5.40. The summed E-state index contributed by atoms with van der Waals surface area (Å²) in [4.78, 5) is 58.4. The maximum absolute atomic E-state index is 13.2. The second-order valence-electron chi connectivity index (χ2n) is 7.36. The topological polar surface area (TPSA) is 119 Å². The molecule has 1 N–H and O–H groups in total. The van der Waals surface area contributed by atoms with Crippen LogP contribution < -0.4 is 5.32 Å². The highest BCUT2D eigenvalue weighted by Crippen LogP contribution is 2.23. The van der Waals surface area contributed by atoms with Crippen LogP contribution in [0.1, 0.15) is 10.6 Å². The van der Waals surface area contributed by atoms with Crippen LogP contribution >= 0.6 is 0 Å². The molecule has 4 rings (SSSR count). The molecule has 0 spiro atoms. The van der Waals surface area contributed by atoms with E-state index in [9.17, 15) is 19.2 Å². The molecule has 5 amide bonds. The van der Waals surface area contributed by atoms with E-state index in [0.29, 0.717) is 43.5 Å². The van der Waals surface area contributed by atoms with E-state index in [-0.39, 0.29) is 12.5 Å². The van der Waals surface area contributed by atoms with Crippen LogP contribution in [0, 0.1) is 5.92 Å². The number of aliphatic imine (C=N–C) groups is 1. The van der Waals surface area contributed by atoms with Gasteiger partial charge in [0, 0.05) is 26.4 Å². The van der Waals surface area contributed by atoms with Crippen molar-refractivity contribution in [3.8, 4) is 0 Å². The van der Waals surface area contributed by atoms with Crippen molar-refractivity contribution in [3.63, 3.8) is 0 Å². The number of carbonyl (C=O) groups excluding carboxylic acids is 4. The molecule has 0 radical (unpaired) electrons. The lowest BCUT2D eigenvalue weighted by Gasteiger charge is -2.37. The number of hydrogen-bond donors (Lipinski definition) is 1. The number of likely N-dealkylation sites (N-methyl/N-ethyl adjacent to an activating group) is 1. The number of piperazine rings is 1. The molecule has 31 heavy (non-hydrogen) atoms. The molecule has 1 unspecified atom stereocenters. The number of imide groups is 1. The number of hydrogen-bond acceptors (Lipinski definition) is 6.